The van der Waals surface area contributed by atoms with Gasteiger partial charge in [0, 0.05) is 6.92 Å². The molecule has 0 aliphatic heterocycles. The summed E-state index contributed by atoms with van der Waals surface area (Å²) in [6.07, 6.45) is 15.5. The van der Waals surface area contributed by atoms with E-state index in [1.165, 1.54) is 77.6 Å². The van der Waals surface area contributed by atoms with Gasteiger partial charge in [0.2, 0.25) is 0 Å². The SMILES string of the molecule is CC#N.CCCCCCC.CCCCCCCC. The Morgan fingerprint density at radius 1 is 0.556 bits per heavy atom. The summed E-state index contributed by atoms with van der Waals surface area (Å²) in [5, 5.41) is 7.32. The van der Waals surface area contributed by atoms with Crippen molar-refractivity contribution < 1.29 is 0 Å². The average molecular weight is 255 g/mol. The van der Waals surface area contributed by atoms with Crippen LogP contribution in [0.5, 0.6) is 0 Å². The van der Waals surface area contributed by atoms with Gasteiger partial charge >= 0.3 is 0 Å². The minimum atomic E-state index is 1.36. The maximum Gasteiger partial charge on any atom is 0.0587 e. The first kappa shape index (κ1) is 22.7. The van der Waals surface area contributed by atoms with Gasteiger partial charge in [-0.05, 0) is 0 Å². The van der Waals surface area contributed by atoms with Gasteiger partial charge in [0.25, 0.3) is 0 Å². The molecule has 0 saturated heterocycles. The molecule has 0 aromatic heterocycles. The van der Waals surface area contributed by atoms with Crippen LogP contribution in [0.4, 0.5) is 0 Å². The predicted molar refractivity (Wildman–Crippen MR) is 84.8 cm³/mol. The summed E-state index contributed by atoms with van der Waals surface area (Å²) in [6.45, 7) is 10.4. The third kappa shape index (κ3) is 45.1. The lowest BCUT2D eigenvalue weighted by Gasteiger charge is -1.93. The fourth-order valence-electron chi connectivity index (χ4n) is 1.53. The molecular weight excluding hydrogens is 218 g/mol. The zero-order valence-corrected chi connectivity index (χ0v) is 13.7. The number of nitriles is 1. The lowest BCUT2D eigenvalue weighted by molar-refractivity contribution is 0.624. The van der Waals surface area contributed by atoms with Crippen molar-refractivity contribution in [1.82, 2.24) is 0 Å². The molecule has 0 aromatic carbocycles. The summed E-state index contributed by atoms with van der Waals surface area (Å²) in [6, 6.07) is 1.75. The van der Waals surface area contributed by atoms with Crippen LogP contribution in [0.15, 0.2) is 0 Å². The van der Waals surface area contributed by atoms with Gasteiger partial charge in [0.15, 0.2) is 0 Å². The van der Waals surface area contributed by atoms with E-state index in [1.54, 1.807) is 6.07 Å². The number of rotatable bonds is 9. The van der Waals surface area contributed by atoms with E-state index >= 15 is 0 Å². The van der Waals surface area contributed by atoms with E-state index in [-0.39, 0.29) is 0 Å². The number of hydrogen-bond acceptors (Lipinski definition) is 1. The fraction of sp³-hybridized carbons (Fsp3) is 0.941. The first-order chi connectivity index (χ1) is 8.74. The molecule has 0 aliphatic carbocycles. The van der Waals surface area contributed by atoms with Crippen molar-refractivity contribution in [2.45, 2.75) is 105 Å². The molecule has 0 aromatic rings. The topological polar surface area (TPSA) is 23.8 Å². The average Bonchev–Trinajstić information content (AvgIpc) is 2.37. The van der Waals surface area contributed by atoms with Crippen LogP contribution < -0.4 is 0 Å². The maximum atomic E-state index is 7.32. The second kappa shape index (κ2) is 30.0. The summed E-state index contributed by atoms with van der Waals surface area (Å²) in [5.41, 5.74) is 0. The molecule has 1 nitrogen and oxygen atoms in total. The van der Waals surface area contributed by atoms with Gasteiger partial charge in [0.05, 0.1) is 6.07 Å². The Morgan fingerprint density at radius 2 is 0.722 bits per heavy atom. The van der Waals surface area contributed by atoms with E-state index < -0.39 is 0 Å². The van der Waals surface area contributed by atoms with Crippen molar-refractivity contribution in [1.29, 1.82) is 5.26 Å². The summed E-state index contributed by atoms with van der Waals surface area (Å²) in [5.74, 6) is 0. The van der Waals surface area contributed by atoms with E-state index in [1.807, 2.05) is 0 Å². The summed E-state index contributed by atoms with van der Waals surface area (Å²) in [4.78, 5) is 0. The van der Waals surface area contributed by atoms with E-state index in [4.69, 9.17) is 5.26 Å². The number of nitrogens with zero attached hydrogens (tertiary/aromatic N) is 1. The molecule has 0 saturated carbocycles. The molecule has 0 aliphatic rings. The maximum absolute atomic E-state index is 7.32. The third-order valence-electron chi connectivity index (χ3n) is 2.66. The molecule has 0 unspecified atom stereocenters. The van der Waals surface area contributed by atoms with Gasteiger partial charge in [-0.25, -0.2) is 0 Å². The Hall–Kier alpha value is -0.510. The highest BCUT2D eigenvalue weighted by Gasteiger charge is 1.83. The van der Waals surface area contributed by atoms with Crippen molar-refractivity contribution in [2.75, 3.05) is 0 Å². The Morgan fingerprint density at radius 3 is 0.889 bits per heavy atom. The normalized spacial score (nSPS) is 8.44. The second-order valence-corrected chi connectivity index (χ2v) is 4.70. The van der Waals surface area contributed by atoms with Gasteiger partial charge in [-0.3, -0.25) is 0 Å². The quantitative estimate of drug-likeness (QED) is 0.412. The lowest BCUT2D eigenvalue weighted by Crippen LogP contribution is -1.73. The lowest BCUT2D eigenvalue weighted by atomic mass is 10.1. The molecule has 0 radical (unpaired) electrons. The van der Waals surface area contributed by atoms with Crippen LogP contribution in [-0.2, 0) is 0 Å². The zero-order valence-electron chi connectivity index (χ0n) is 13.7. The van der Waals surface area contributed by atoms with E-state index in [2.05, 4.69) is 27.7 Å². The molecule has 0 N–H and O–H groups in total. The predicted octanol–water partition coefficient (Wildman–Crippen LogP) is 6.87. The van der Waals surface area contributed by atoms with Crippen LogP contribution in [0.1, 0.15) is 105 Å². The Balaban J connectivity index is -0.000000207. The van der Waals surface area contributed by atoms with E-state index in [0.29, 0.717) is 0 Å². The highest BCUT2D eigenvalue weighted by Crippen LogP contribution is 2.03. The van der Waals surface area contributed by atoms with Crippen LogP contribution in [0.2, 0.25) is 0 Å². The zero-order chi connectivity index (χ0) is 14.5. The van der Waals surface area contributed by atoms with Gasteiger partial charge in [0.1, 0.15) is 0 Å². The molecule has 0 atom stereocenters. The highest BCUT2D eigenvalue weighted by molar-refractivity contribution is 4.51. The molecule has 0 rings (SSSR count). The van der Waals surface area contributed by atoms with Crippen LogP contribution in [0, 0.1) is 11.3 Å². The van der Waals surface area contributed by atoms with Crippen molar-refractivity contribution in [3.63, 3.8) is 0 Å². The molecular formula is C17H37N. The highest BCUT2D eigenvalue weighted by atomic mass is 14.2. The minimum absolute atomic E-state index is 1.36. The summed E-state index contributed by atoms with van der Waals surface area (Å²) < 4.78 is 0. The standard InChI is InChI=1S/C8H18.C7H16.C2H3N/c1-3-5-7-8-6-4-2;1-3-5-7-6-4-2;1-2-3/h3-8H2,1-2H3;3-7H2,1-2H3;1H3. The third-order valence-corrected chi connectivity index (χ3v) is 2.66. The largest absolute Gasteiger partial charge is 0.199 e. The molecule has 0 fully saturated rings. The molecule has 0 heterocycles. The molecule has 110 valence electrons. The van der Waals surface area contributed by atoms with E-state index in [0.717, 1.165) is 0 Å². The smallest absolute Gasteiger partial charge is 0.0587 e. The molecule has 0 amide bonds. The second-order valence-electron chi connectivity index (χ2n) is 4.70. The van der Waals surface area contributed by atoms with Crippen molar-refractivity contribution in [3.8, 4) is 6.07 Å². The van der Waals surface area contributed by atoms with E-state index in [9.17, 15) is 0 Å². The molecule has 18 heavy (non-hydrogen) atoms. The first-order valence-electron chi connectivity index (χ1n) is 8.05. The molecule has 1 heteroatoms. The monoisotopic (exact) mass is 255 g/mol. The van der Waals surface area contributed by atoms with Gasteiger partial charge < -0.3 is 0 Å². The van der Waals surface area contributed by atoms with Crippen LogP contribution in [0.25, 0.3) is 0 Å². The van der Waals surface area contributed by atoms with Gasteiger partial charge in [-0.1, -0.05) is 98.3 Å². The van der Waals surface area contributed by atoms with Crippen LogP contribution >= 0.6 is 0 Å². The minimum Gasteiger partial charge on any atom is -0.199 e. The Kier molecular flexibility index (Phi) is 37.7. The van der Waals surface area contributed by atoms with Crippen LogP contribution in [0.3, 0.4) is 0 Å². The van der Waals surface area contributed by atoms with Crippen LogP contribution in [-0.4, -0.2) is 0 Å². The fourth-order valence-corrected chi connectivity index (χ4v) is 1.53. The van der Waals surface area contributed by atoms with Crippen molar-refractivity contribution in [2.24, 2.45) is 0 Å². The Bertz CT molecular complexity index is 125. The van der Waals surface area contributed by atoms with Gasteiger partial charge in [-0.2, -0.15) is 5.26 Å². The Labute approximate surface area is 117 Å². The number of unbranched alkanes of at least 4 members (excludes halogenated alkanes) is 9. The van der Waals surface area contributed by atoms with Crippen molar-refractivity contribution in [3.05, 3.63) is 0 Å². The molecule has 0 bridgehead atoms. The van der Waals surface area contributed by atoms with Crippen molar-refractivity contribution >= 4 is 0 Å². The molecule has 0 spiro atoms. The first-order valence-corrected chi connectivity index (χ1v) is 8.05. The number of hydrogen-bond donors (Lipinski definition) is 0. The van der Waals surface area contributed by atoms with Gasteiger partial charge in [-0.15, -0.1) is 0 Å². The summed E-state index contributed by atoms with van der Waals surface area (Å²) in [7, 11) is 0. The summed E-state index contributed by atoms with van der Waals surface area (Å²) >= 11 is 0.